The molecular formula is C13H24N4O4. The first-order chi connectivity index (χ1) is 10.2. The van der Waals surface area contributed by atoms with Gasteiger partial charge in [-0.3, -0.25) is 0 Å². The van der Waals surface area contributed by atoms with Crippen molar-refractivity contribution < 1.29 is 18.9 Å². The van der Waals surface area contributed by atoms with E-state index in [2.05, 4.69) is 20.3 Å². The van der Waals surface area contributed by atoms with Crippen LogP contribution in [-0.4, -0.2) is 61.6 Å². The number of hydrogen-bond donors (Lipinski definition) is 1. The molecule has 120 valence electrons. The summed E-state index contributed by atoms with van der Waals surface area (Å²) >= 11 is 0. The van der Waals surface area contributed by atoms with Gasteiger partial charge in [0.15, 0.2) is 0 Å². The maximum Gasteiger partial charge on any atom is 0.324 e. The lowest BCUT2D eigenvalue weighted by molar-refractivity contribution is 0.0778. The van der Waals surface area contributed by atoms with Crippen molar-refractivity contribution >= 4 is 5.95 Å². The minimum absolute atomic E-state index is 0.0194. The standard InChI is InChI=1S/C13H24N4O4/c1-10(2)21-13-16-11(14-3)15-12(17-13)20-9-8-19-7-5-6-18-4/h10H,5-9H2,1-4H3,(H,14,15,16,17). The zero-order valence-electron chi connectivity index (χ0n) is 13.1. The summed E-state index contributed by atoms with van der Waals surface area (Å²) in [6, 6.07) is 0.450. The Balaban J connectivity index is 2.39. The molecule has 1 rings (SSSR count). The third-order valence-corrected chi connectivity index (χ3v) is 2.26. The second kappa shape index (κ2) is 10.1. The number of nitrogens with one attached hydrogen (secondary N) is 1. The SMILES string of the molecule is CNc1nc(OCCOCCCOC)nc(OC(C)C)n1. The van der Waals surface area contributed by atoms with Crippen LogP contribution in [0.15, 0.2) is 0 Å². The summed E-state index contributed by atoms with van der Waals surface area (Å²) in [4.78, 5) is 12.3. The Kier molecular flexibility index (Phi) is 8.37. The van der Waals surface area contributed by atoms with Gasteiger partial charge in [-0.25, -0.2) is 0 Å². The summed E-state index contributed by atoms with van der Waals surface area (Å²) in [7, 11) is 3.39. The lowest BCUT2D eigenvalue weighted by Crippen LogP contribution is -2.14. The average molecular weight is 300 g/mol. The monoisotopic (exact) mass is 300 g/mol. The van der Waals surface area contributed by atoms with Crippen molar-refractivity contribution in [2.24, 2.45) is 0 Å². The molecule has 1 aromatic rings. The molecule has 0 bridgehead atoms. The largest absolute Gasteiger partial charge is 0.461 e. The average Bonchev–Trinajstić information content (AvgIpc) is 2.45. The van der Waals surface area contributed by atoms with Gasteiger partial charge < -0.3 is 24.3 Å². The molecule has 21 heavy (non-hydrogen) atoms. The lowest BCUT2D eigenvalue weighted by atomic mass is 10.5. The fourth-order valence-corrected chi connectivity index (χ4v) is 1.38. The molecular weight excluding hydrogens is 276 g/mol. The predicted octanol–water partition coefficient (Wildman–Crippen LogP) is 1.13. The van der Waals surface area contributed by atoms with E-state index in [4.69, 9.17) is 18.9 Å². The molecule has 8 heteroatoms. The van der Waals surface area contributed by atoms with Crippen LogP contribution in [0.25, 0.3) is 0 Å². The quantitative estimate of drug-likeness (QED) is 0.609. The fourth-order valence-electron chi connectivity index (χ4n) is 1.38. The van der Waals surface area contributed by atoms with E-state index in [9.17, 15) is 0 Å². The fraction of sp³-hybridized carbons (Fsp3) is 0.769. The lowest BCUT2D eigenvalue weighted by Gasteiger charge is -2.10. The van der Waals surface area contributed by atoms with Gasteiger partial charge in [0.2, 0.25) is 5.95 Å². The summed E-state index contributed by atoms with van der Waals surface area (Å²) in [6.45, 7) is 5.95. The van der Waals surface area contributed by atoms with Crippen LogP contribution in [0.5, 0.6) is 12.0 Å². The normalized spacial score (nSPS) is 10.7. The Morgan fingerprint density at radius 1 is 1.00 bits per heavy atom. The van der Waals surface area contributed by atoms with Gasteiger partial charge in [-0.1, -0.05) is 0 Å². The molecule has 0 aliphatic carbocycles. The molecule has 1 aromatic heterocycles. The van der Waals surface area contributed by atoms with Gasteiger partial charge in [-0.15, -0.1) is 4.98 Å². The zero-order chi connectivity index (χ0) is 15.5. The Hall–Kier alpha value is -1.67. The molecule has 0 amide bonds. The second-order valence-corrected chi connectivity index (χ2v) is 4.45. The van der Waals surface area contributed by atoms with Crippen molar-refractivity contribution in [3.63, 3.8) is 0 Å². The van der Waals surface area contributed by atoms with Gasteiger partial charge in [0.1, 0.15) is 6.61 Å². The number of nitrogens with zero attached hydrogens (tertiary/aromatic N) is 3. The van der Waals surface area contributed by atoms with Gasteiger partial charge in [0, 0.05) is 27.4 Å². The van der Waals surface area contributed by atoms with Crippen molar-refractivity contribution in [3.8, 4) is 12.0 Å². The van der Waals surface area contributed by atoms with Crippen LogP contribution in [0.2, 0.25) is 0 Å². The van der Waals surface area contributed by atoms with Crippen LogP contribution in [0.4, 0.5) is 5.95 Å². The van der Waals surface area contributed by atoms with Crippen molar-refractivity contribution in [2.75, 3.05) is 45.9 Å². The summed E-state index contributed by atoms with van der Waals surface area (Å²) in [5.41, 5.74) is 0. The van der Waals surface area contributed by atoms with Crippen LogP contribution in [-0.2, 0) is 9.47 Å². The Morgan fingerprint density at radius 3 is 2.43 bits per heavy atom. The molecule has 0 aliphatic rings. The highest BCUT2D eigenvalue weighted by molar-refractivity contribution is 5.26. The van der Waals surface area contributed by atoms with Crippen LogP contribution in [0.1, 0.15) is 20.3 Å². The molecule has 8 nitrogen and oxygen atoms in total. The molecule has 0 saturated heterocycles. The molecule has 0 atom stereocenters. The van der Waals surface area contributed by atoms with Crippen molar-refractivity contribution in [1.82, 2.24) is 15.0 Å². The maximum atomic E-state index is 5.44. The molecule has 0 unspecified atom stereocenters. The van der Waals surface area contributed by atoms with Gasteiger partial charge in [-0.05, 0) is 20.3 Å². The number of hydrogen-bond acceptors (Lipinski definition) is 8. The number of ether oxygens (including phenoxy) is 4. The van der Waals surface area contributed by atoms with E-state index in [0.717, 1.165) is 6.42 Å². The van der Waals surface area contributed by atoms with E-state index in [1.54, 1.807) is 14.2 Å². The highest BCUT2D eigenvalue weighted by Gasteiger charge is 2.09. The molecule has 1 heterocycles. The van der Waals surface area contributed by atoms with E-state index in [1.807, 2.05) is 13.8 Å². The number of anilines is 1. The maximum absolute atomic E-state index is 5.44. The molecule has 0 aromatic carbocycles. The van der Waals surface area contributed by atoms with Crippen LogP contribution < -0.4 is 14.8 Å². The van der Waals surface area contributed by atoms with Gasteiger partial charge in [0.25, 0.3) is 0 Å². The van der Waals surface area contributed by atoms with Crippen LogP contribution in [0.3, 0.4) is 0 Å². The van der Waals surface area contributed by atoms with Gasteiger partial charge >= 0.3 is 12.0 Å². The number of aromatic nitrogens is 3. The molecule has 1 N–H and O–H groups in total. The first kappa shape index (κ1) is 17.4. The molecule has 0 fully saturated rings. The highest BCUT2D eigenvalue weighted by Crippen LogP contribution is 2.13. The van der Waals surface area contributed by atoms with E-state index < -0.39 is 0 Å². The summed E-state index contributed by atoms with van der Waals surface area (Å²) < 4.78 is 21.2. The zero-order valence-corrected chi connectivity index (χ0v) is 13.1. The first-order valence-corrected chi connectivity index (χ1v) is 6.95. The number of rotatable bonds is 11. The van der Waals surface area contributed by atoms with E-state index in [0.29, 0.717) is 32.4 Å². The highest BCUT2D eigenvalue weighted by atomic mass is 16.5. The Labute approximate surface area is 125 Å². The van der Waals surface area contributed by atoms with Gasteiger partial charge in [-0.2, -0.15) is 9.97 Å². The third-order valence-electron chi connectivity index (χ3n) is 2.26. The van der Waals surface area contributed by atoms with Crippen LogP contribution >= 0.6 is 0 Å². The van der Waals surface area contributed by atoms with Crippen molar-refractivity contribution in [2.45, 2.75) is 26.4 Å². The second-order valence-electron chi connectivity index (χ2n) is 4.45. The molecule has 0 spiro atoms. The van der Waals surface area contributed by atoms with Gasteiger partial charge in [0.05, 0.1) is 12.7 Å². The summed E-state index contributed by atoms with van der Waals surface area (Å²) in [6.07, 6.45) is 0.840. The first-order valence-electron chi connectivity index (χ1n) is 6.95. The minimum Gasteiger partial charge on any atom is -0.461 e. The smallest absolute Gasteiger partial charge is 0.324 e. The third kappa shape index (κ3) is 7.62. The number of methoxy groups -OCH3 is 1. The van der Waals surface area contributed by atoms with Crippen molar-refractivity contribution in [3.05, 3.63) is 0 Å². The summed E-state index contributed by atoms with van der Waals surface area (Å²) in [5, 5.41) is 2.84. The Bertz CT molecular complexity index is 404. The Morgan fingerprint density at radius 2 is 1.76 bits per heavy atom. The minimum atomic E-state index is -0.0194. The molecule has 0 aliphatic heterocycles. The van der Waals surface area contributed by atoms with Crippen LogP contribution in [0, 0.1) is 0 Å². The molecule has 0 radical (unpaired) electrons. The van der Waals surface area contributed by atoms with E-state index >= 15 is 0 Å². The van der Waals surface area contributed by atoms with E-state index in [1.165, 1.54) is 0 Å². The topological polar surface area (TPSA) is 87.6 Å². The predicted molar refractivity (Wildman–Crippen MR) is 77.9 cm³/mol. The van der Waals surface area contributed by atoms with Crippen molar-refractivity contribution in [1.29, 1.82) is 0 Å². The molecule has 0 saturated carbocycles. The summed E-state index contributed by atoms with van der Waals surface area (Å²) in [5.74, 6) is 0.400. The van der Waals surface area contributed by atoms with E-state index in [-0.39, 0.29) is 18.1 Å².